The highest BCUT2D eigenvalue weighted by atomic mass is 35.5. The number of alkyl halides is 1. The second-order valence-corrected chi connectivity index (χ2v) is 6.29. The van der Waals surface area contributed by atoms with Crippen molar-refractivity contribution in [2.45, 2.75) is 6.10 Å². The predicted octanol–water partition coefficient (Wildman–Crippen LogP) is -1.14. The maximum Gasteiger partial charge on any atom is 0.469 e. The maximum absolute atomic E-state index is 10.7. The van der Waals surface area contributed by atoms with E-state index in [4.69, 9.17) is 41.2 Å². The average molecular weight is 283 g/mol. The van der Waals surface area contributed by atoms with E-state index in [1.54, 1.807) is 0 Å². The summed E-state index contributed by atoms with van der Waals surface area (Å²) in [4.78, 5) is 46.3. The Labute approximate surface area is 90.6 Å². The molecule has 1 atom stereocenters. The summed E-state index contributed by atoms with van der Waals surface area (Å²) in [6.07, 6.45) is -1.19. The minimum absolute atomic E-state index is 0.244. The molecule has 0 aromatic carbocycles. The summed E-state index contributed by atoms with van der Waals surface area (Å²) in [6, 6.07) is 0. The van der Waals surface area contributed by atoms with Gasteiger partial charge in [-0.05, 0) is 0 Å². The summed E-state index contributed by atoms with van der Waals surface area (Å²) in [6.45, 7) is -0.548. The zero-order valence-electron chi connectivity index (χ0n) is 7.30. The van der Waals surface area contributed by atoms with E-state index in [2.05, 4.69) is 4.99 Å². The third-order valence-electron chi connectivity index (χ3n) is 1.15. The molecule has 0 aromatic heterocycles. The quantitative estimate of drug-likeness (QED) is 0.212. The molecule has 0 aliphatic rings. The number of aliphatic hydroxyl groups excluding tert-OH is 1. The van der Waals surface area contributed by atoms with E-state index in [9.17, 15) is 4.57 Å². The Morgan fingerprint density at radius 1 is 1.40 bits per heavy atom. The molecule has 0 saturated heterocycles. The molecule has 0 heterocycles. The summed E-state index contributed by atoms with van der Waals surface area (Å²) >= 11 is 5.17. The van der Waals surface area contributed by atoms with Gasteiger partial charge in [0, 0.05) is 0 Å². The highest BCUT2D eigenvalue weighted by molar-refractivity contribution is 8.00. The third kappa shape index (κ3) is 5.87. The van der Waals surface area contributed by atoms with E-state index in [-0.39, 0.29) is 5.88 Å². The van der Waals surface area contributed by atoms with Crippen LogP contribution in [0.4, 0.5) is 0 Å². The topological polar surface area (TPSA) is 151 Å². The van der Waals surface area contributed by atoms with Crippen molar-refractivity contribution in [3.05, 3.63) is 0 Å². The summed E-state index contributed by atoms with van der Waals surface area (Å²) in [5.41, 5.74) is 0. The van der Waals surface area contributed by atoms with Crippen molar-refractivity contribution in [2.24, 2.45) is 4.99 Å². The second-order valence-electron chi connectivity index (χ2n) is 2.56. The van der Waals surface area contributed by atoms with Gasteiger partial charge in [0.25, 0.3) is 0 Å². The van der Waals surface area contributed by atoms with Crippen LogP contribution in [0.5, 0.6) is 0 Å². The maximum atomic E-state index is 10.7. The van der Waals surface area contributed by atoms with Crippen LogP contribution in [0, 0.1) is 0 Å². The van der Waals surface area contributed by atoms with Gasteiger partial charge in [0.2, 0.25) is 0 Å². The Hall–Kier alpha value is 0.380. The van der Waals surface area contributed by atoms with Gasteiger partial charge in [0.1, 0.15) is 0 Å². The zero-order chi connectivity index (χ0) is 12.3. The molecule has 6 N–H and O–H groups in total. The van der Waals surface area contributed by atoms with Crippen LogP contribution < -0.4 is 0 Å². The first-order valence-electron chi connectivity index (χ1n) is 3.51. The van der Waals surface area contributed by atoms with E-state index >= 15 is 0 Å². The molecular formula is C4H11ClNO7P2+. The lowest BCUT2D eigenvalue weighted by Crippen LogP contribution is -2.15. The Balaban J connectivity index is 4.90. The van der Waals surface area contributed by atoms with Gasteiger partial charge >= 0.3 is 20.7 Å². The summed E-state index contributed by atoms with van der Waals surface area (Å²) in [5.74, 6) is -0.244. The van der Waals surface area contributed by atoms with Gasteiger partial charge in [-0.25, -0.2) is 9.56 Å². The molecule has 11 heteroatoms. The molecule has 0 fully saturated rings. The number of hydrogen-bond acceptors (Lipinski definition) is 6. The van der Waals surface area contributed by atoms with Gasteiger partial charge in [-0.3, -0.25) is 0 Å². The Kier molecular flexibility index (Phi) is 5.77. The molecule has 15 heavy (non-hydrogen) atoms. The van der Waals surface area contributed by atoms with Crippen molar-refractivity contribution >= 4 is 32.3 Å². The number of aliphatic imine (C=N–C) groups is 1. The van der Waals surface area contributed by atoms with Crippen molar-refractivity contribution in [1.82, 2.24) is 0 Å². The number of aliphatic hydroxyl groups is 1. The van der Waals surface area contributed by atoms with Gasteiger partial charge in [0.05, 0.1) is 18.5 Å². The lowest BCUT2D eigenvalue weighted by molar-refractivity contribution is 0.207. The monoisotopic (exact) mass is 282 g/mol. The van der Waals surface area contributed by atoms with Crippen LogP contribution in [0.25, 0.3) is 0 Å². The Morgan fingerprint density at radius 3 is 2.13 bits per heavy atom. The fraction of sp³-hybridized carbons (Fsp3) is 0.750. The molecule has 0 rings (SSSR count). The molecule has 0 amide bonds. The van der Waals surface area contributed by atoms with Crippen molar-refractivity contribution in [2.75, 3.05) is 12.4 Å². The molecular weight excluding hydrogens is 271 g/mol. The van der Waals surface area contributed by atoms with E-state index in [1.807, 2.05) is 0 Å². The number of hydrogen-bond donors (Lipinski definition) is 6. The first-order valence-corrected chi connectivity index (χ1v) is 7.31. The first kappa shape index (κ1) is 15.4. The molecule has 0 saturated carbocycles. The number of nitrogens with zero attached hydrogens (tertiary/aromatic N) is 1. The normalized spacial score (nSPS) is 16.6. The highest BCUT2D eigenvalue weighted by Crippen LogP contribution is 2.60. The summed E-state index contributed by atoms with van der Waals surface area (Å²) in [5, 5.41) is 7.48. The van der Waals surface area contributed by atoms with Crippen LogP contribution in [0.2, 0.25) is 0 Å². The van der Waals surface area contributed by atoms with Crippen molar-refractivity contribution in [1.29, 1.82) is 0 Å². The number of rotatable bonds is 5. The van der Waals surface area contributed by atoms with Crippen LogP contribution in [0.15, 0.2) is 4.99 Å². The van der Waals surface area contributed by atoms with Crippen LogP contribution in [0.3, 0.4) is 0 Å². The zero-order valence-corrected chi connectivity index (χ0v) is 9.85. The Bertz CT molecular complexity index is 283. The Morgan fingerprint density at radius 2 is 1.87 bits per heavy atom. The summed E-state index contributed by atoms with van der Waals surface area (Å²) < 4.78 is 10.7. The molecule has 0 radical (unpaired) electrons. The highest BCUT2D eigenvalue weighted by Gasteiger charge is 2.51. The van der Waals surface area contributed by atoms with Crippen molar-refractivity contribution < 1.29 is 34.1 Å². The largest absolute Gasteiger partial charge is 0.469 e. The molecule has 90 valence electrons. The van der Waals surface area contributed by atoms with E-state index in [0.717, 1.165) is 0 Å². The number of halogens is 1. The van der Waals surface area contributed by atoms with Gasteiger partial charge in [0.15, 0.2) is 0 Å². The minimum Gasteiger partial charge on any atom is -0.390 e. The summed E-state index contributed by atoms with van der Waals surface area (Å²) in [7, 11) is -9.95. The molecule has 0 aromatic rings. The molecule has 1 unspecified atom stereocenters. The predicted molar refractivity (Wildman–Crippen MR) is 54.6 cm³/mol. The van der Waals surface area contributed by atoms with Crippen molar-refractivity contribution in [3.8, 4) is 0 Å². The standard InChI is InChI=1S/C4H10ClNO7P2/c5-1-3(7)2-6-4(14(8,9)10)15(11,12)13/h3,7-10H,1-2H2,(H-,11,12,13)/p+1. The molecule has 0 aliphatic heterocycles. The molecule has 8 nitrogen and oxygen atoms in total. The van der Waals surface area contributed by atoms with E-state index in [1.165, 1.54) is 0 Å². The van der Waals surface area contributed by atoms with Gasteiger partial charge in [-0.2, -0.15) is 14.7 Å². The van der Waals surface area contributed by atoms with Crippen LogP contribution in [-0.4, -0.2) is 53.3 Å². The first-order chi connectivity index (χ1) is 6.59. The molecule has 0 bridgehead atoms. The fourth-order valence-corrected chi connectivity index (χ4v) is 2.63. The lowest BCUT2D eigenvalue weighted by Gasteiger charge is -2.09. The third-order valence-corrected chi connectivity index (χ3v) is 4.43. The van der Waals surface area contributed by atoms with E-state index in [0.29, 0.717) is 0 Å². The molecule has 0 aliphatic carbocycles. The van der Waals surface area contributed by atoms with E-state index < -0.39 is 33.4 Å². The smallest absolute Gasteiger partial charge is 0.390 e. The second kappa shape index (κ2) is 5.63. The van der Waals surface area contributed by atoms with Gasteiger partial charge < -0.3 is 14.9 Å². The van der Waals surface area contributed by atoms with Gasteiger partial charge in [-0.1, -0.05) is 0 Å². The fourth-order valence-electron chi connectivity index (χ4n) is 0.598. The average Bonchev–Trinajstić information content (AvgIpc) is 1.99. The minimum atomic E-state index is -5.07. The van der Waals surface area contributed by atoms with Crippen LogP contribution in [-0.2, 0) is 4.57 Å². The van der Waals surface area contributed by atoms with Crippen molar-refractivity contribution in [3.63, 3.8) is 0 Å². The lowest BCUT2D eigenvalue weighted by atomic mass is 10.4. The van der Waals surface area contributed by atoms with Gasteiger partial charge in [-0.15, -0.1) is 11.6 Å². The SMILES string of the molecule is O=P(O)(O)C(=NCC(O)CCl)[P+](O)(O)O. The molecule has 0 spiro atoms. The van der Waals surface area contributed by atoms with Crippen LogP contribution in [0.1, 0.15) is 0 Å². The van der Waals surface area contributed by atoms with Crippen LogP contribution >= 0.6 is 27.1 Å².